The van der Waals surface area contributed by atoms with Gasteiger partial charge in [0.15, 0.2) is 0 Å². The standard InChI is InChI=1S/C21H16Br2N2O3/c1-28-21(27)13-5-3-2-4-12(13)18(11-6-8-16(24)15(22)10-11)14-7-9-17(25)19(23)20(14)26/h2-10H,24-25H2,1H3/b18-14+. The van der Waals surface area contributed by atoms with Gasteiger partial charge in [-0.25, -0.2) is 4.79 Å². The quantitative estimate of drug-likeness (QED) is 0.369. The first-order chi connectivity index (χ1) is 13.3. The maximum atomic E-state index is 13.0. The third-order valence-electron chi connectivity index (χ3n) is 4.29. The lowest BCUT2D eigenvalue weighted by Crippen LogP contribution is -2.15. The summed E-state index contributed by atoms with van der Waals surface area (Å²) in [7, 11) is 1.32. The molecule has 0 fully saturated rings. The average molecular weight is 504 g/mol. The fourth-order valence-electron chi connectivity index (χ4n) is 2.90. The molecule has 0 saturated carbocycles. The Morgan fingerprint density at radius 2 is 1.68 bits per heavy atom. The van der Waals surface area contributed by atoms with Gasteiger partial charge >= 0.3 is 5.97 Å². The summed E-state index contributed by atoms with van der Waals surface area (Å²) in [6.45, 7) is 0. The summed E-state index contributed by atoms with van der Waals surface area (Å²) in [5.41, 5.74) is 15.3. The molecule has 0 bridgehead atoms. The molecule has 2 aromatic carbocycles. The van der Waals surface area contributed by atoms with Crippen LogP contribution in [0.15, 0.2) is 74.8 Å². The number of nitrogen functional groups attached to an aromatic ring is 1. The minimum Gasteiger partial charge on any atom is -0.465 e. The third-order valence-corrected chi connectivity index (χ3v) is 5.79. The van der Waals surface area contributed by atoms with Crippen LogP contribution in [-0.4, -0.2) is 18.9 Å². The van der Waals surface area contributed by atoms with Crippen LogP contribution in [0.5, 0.6) is 0 Å². The van der Waals surface area contributed by atoms with Gasteiger partial charge in [-0.05, 0) is 73.3 Å². The van der Waals surface area contributed by atoms with Crippen LogP contribution < -0.4 is 11.5 Å². The second-order valence-electron chi connectivity index (χ2n) is 5.99. The fraction of sp³-hybridized carbons (Fsp3) is 0.0476. The summed E-state index contributed by atoms with van der Waals surface area (Å²) in [5.74, 6) is -0.771. The van der Waals surface area contributed by atoms with Gasteiger partial charge < -0.3 is 16.2 Å². The van der Waals surface area contributed by atoms with E-state index in [4.69, 9.17) is 16.2 Å². The van der Waals surface area contributed by atoms with E-state index >= 15 is 0 Å². The number of ether oxygens (including phenoxy) is 1. The molecule has 1 aliphatic rings. The van der Waals surface area contributed by atoms with Gasteiger partial charge in [0.05, 0.1) is 17.2 Å². The number of esters is 1. The Bertz CT molecular complexity index is 1080. The van der Waals surface area contributed by atoms with E-state index in [1.807, 2.05) is 6.07 Å². The third kappa shape index (κ3) is 3.68. The molecule has 0 saturated heterocycles. The summed E-state index contributed by atoms with van der Waals surface area (Å²) in [4.78, 5) is 25.3. The van der Waals surface area contributed by atoms with Crippen molar-refractivity contribution in [3.05, 3.63) is 91.5 Å². The number of nitrogens with two attached hydrogens (primary N) is 2. The van der Waals surface area contributed by atoms with E-state index in [-0.39, 0.29) is 10.3 Å². The molecule has 3 rings (SSSR count). The van der Waals surface area contributed by atoms with Gasteiger partial charge in [0.2, 0.25) is 5.78 Å². The Morgan fingerprint density at radius 3 is 2.32 bits per heavy atom. The zero-order valence-electron chi connectivity index (χ0n) is 14.8. The van der Waals surface area contributed by atoms with Crippen molar-refractivity contribution in [2.24, 2.45) is 5.73 Å². The number of rotatable bonds is 3. The number of methoxy groups -OCH3 is 1. The zero-order valence-corrected chi connectivity index (χ0v) is 18.0. The van der Waals surface area contributed by atoms with Crippen molar-refractivity contribution >= 4 is 54.9 Å². The molecule has 4 N–H and O–H groups in total. The van der Waals surface area contributed by atoms with Crippen molar-refractivity contribution in [1.82, 2.24) is 0 Å². The molecule has 28 heavy (non-hydrogen) atoms. The van der Waals surface area contributed by atoms with Gasteiger partial charge in [0.25, 0.3) is 0 Å². The minimum atomic E-state index is -0.496. The first-order valence-electron chi connectivity index (χ1n) is 8.20. The Labute approximate surface area is 179 Å². The first kappa shape index (κ1) is 20.1. The highest BCUT2D eigenvalue weighted by Crippen LogP contribution is 2.36. The lowest BCUT2D eigenvalue weighted by Gasteiger charge is -2.19. The number of halogens is 2. The second kappa shape index (κ2) is 8.16. The van der Waals surface area contributed by atoms with Crippen LogP contribution >= 0.6 is 31.9 Å². The summed E-state index contributed by atoms with van der Waals surface area (Å²) in [5, 5.41) is 0. The SMILES string of the molecule is COC(=O)c1ccccc1/C(=C1\C=CC(N)=C(Br)C1=O)c1ccc(N)c(Br)c1. The van der Waals surface area contributed by atoms with Gasteiger partial charge in [0.1, 0.15) is 0 Å². The van der Waals surface area contributed by atoms with Gasteiger partial charge in [-0.2, -0.15) is 0 Å². The van der Waals surface area contributed by atoms with Crippen LogP contribution in [0.2, 0.25) is 0 Å². The number of carbonyl (C=O) groups excluding carboxylic acids is 2. The van der Waals surface area contributed by atoms with Gasteiger partial charge in [0, 0.05) is 27.0 Å². The maximum absolute atomic E-state index is 13.0. The number of benzene rings is 2. The minimum absolute atomic E-state index is 0.271. The molecular weight excluding hydrogens is 488 g/mol. The van der Waals surface area contributed by atoms with E-state index in [1.165, 1.54) is 7.11 Å². The molecule has 0 unspecified atom stereocenters. The number of hydrogen-bond donors (Lipinski definition) is 2. The van der Waals surface area contributed by atoms with Crippen LogP contribution in [0.25, 0.3) is 5.57 Å². The highest BCUT2D eigenvalue weighted by atomic mass is 79.9. The molecule has 0 radical (unpaired) electrons. The molecule has 1 aliphatic carbocycles. The van der Waals surface area contributed by atoms with Crippen LogP contribution in [0, 0.1) is 0 Å². The Kier molecular flexibility index (Phi) is 5.86. The van der Waals surface area contributed by atoms with Crippen molar-refractivity contribution in [2.45, 2.75) is 0 Å². The Balaban J connectivity index is 2.37. The molecule has 2 aromatic rings. The largest absolute Gasteiger partial charge is 0.465 e. The molecule has 142 valence electrons. The van der Waals surface area contributed by atoms with Crippen molar-refractivity contribution in [2.75, 3.05) is 12.8 Å². The van der Waals surface area contributed by atoms with Gasteiger partial charge in [-0.3, -0.25) is 4.79 Å². The van der Waals surface area contributed by atoms with Crippen LogP contribution in [0.3, 0.4) is 0 Å². The van der Waals surface area contributed by atoms with Crippen molar-refractivity contribution in [3.63, 3.8) is 0 Å². The monoisotopic (exact) mass is 502 g/mol. The fourth-order valence-corrected chi connectivity index (χ4v) is 3.62. The molecule has 7 heteroatoms. The molecule has 0 aromatic heterocycles. The molecule has 0 atom stereocenters. The predicted octanol–water partition coefficient (Wildman–Crippen LogP) is 4.32. The lowest BCUT2D eigenvalue weighted by atomic mass is 9.86. The van der Waals surface area contributed by atoms with Crippen LogP contribution in [-0.2, 0) is 9.53 Å². The number of ketones is 1. The molecule has 5 nitrogen and oxygen atoms in total. The number of anilines is 1. The first-order valence-corrected chi connectivity index (χ1v) is 9.79. The van der Waals surface area contributed by atoms with E-state index in [1.54, 1.807) is 48.6 Å². The molecule has 0 heterocycles. The number of hydrogen-bond acceptors (Lipinski definition) is 5. The van der Waals surface area contributed by atoms with E-state index in [0.29, 0.717) is 43.7 Å². The molecule has 0 aliphatic heterocycles. The average Bonchev–Trinajstić information content (AvgIpc) is 2.70. The smallest absolute Gasteiger partial charge is 0.338 e. The summed E-state index contributed by atoms with van der Waals surface area (Å²) >= 11 is 6.69. The Morgan fingerprint density at radius 1 is 1.00 bits per heavy atom. The number of Topliss-reactive ketones (excluding diaryl/α,β-unsaturated/α-hetero) is 1. The summed E-state index contributed by atoms with van der Waals surface area (Å²) < 4.78 is 5.88. The van der Waals surface area contributed by atoms with E-state index in [9.17, 15) is 9.59 Å². The van der Waals surface area contributed by atoms with Crippen molar-refractivity contribution in [3.8, 4) is 0 Å². The normalized spacial score (nSPS) is 15.6. The lowest BCUT2D eigenvalue weighted by molar-refractivity contribution is -0.111. The highest BCUT2D eigenvalue weighted by Gasteiger charge is 2.25. The van der Waals surface area contributed by atoms with Crippen molar-refractivity contribution in [1.29, 1.82) is 0 Å². The maximum Gasteiger partial charge on any atom is 0.338 e. The summed E-state index contributed by atoms with van der Waals surface area (Å²) in [6.07, 6.45) is 3.30. The van der Waals surface area contributed by atoms with Gasteiger partial charge in [-0.1, -0.05) is 24.3 Å². The van der Waals surface area contributed by atoms with E-state index in [2.05, 4.69) is 31.9 Å². The van der Waals surface area contributed by atoms with E-state index in [0.717, 1.165) is 0 Å². The topological polar surface area (TPSA) is 95.4 Å². The number of allylic oxidation sites excluding steroid dienone is 4. The molecular formula is C21H16Br2N2O3. The Hall–Kier alpha value is -2.64. The van der Waals surface area contributed by atoms with Crippen LogP contribution in [0.4, 0.5) is 5.69 Å². The molecule has 0 amide bonds. The zero-order chi connectivity index (χ0) is 20.4. The predicted molar refractivity (Wildman–Crippen MR) is 117 cm³/mol. The summed E-state index contributed by atoms with van der Waals surface area (Å²) in [6, 6.07) is 12.3. The number of carbonyl (C=O) groups is 2. The second-order valence-corrected chi connectivity index (χ2v) is 7.64. The van der Waals surface area contributed by atoms with Gasteiger partial charge in [-0.15, -0.1) is 0 Å². The molecule has 0 spiro atoms. The highest BCUT2D eigenvalue weighted by molar-refractivity contribution is 9.12. The van der Waals surface area contributed by atoms with E-state index < -0.39 is 5.97 Å². The van der Waals surface area contributed by atoms with Crippen LogP contribution in [0.1, 0.15) is 21.5 Å². The van der Waals surface area contributed by atoms with Crippen molar-refractivity contribution < 1.29 is 14.3 Å².